The summed E-state index contributed by atoms with van der Waals surface area (Å²) in [5.74, 6) is 0.776. The first-order valence-electron chi connectivity index (χ1n) is 9.48. The number of hydrogen-bond donors (Lipinski definition) is 0. The fourth-order valence-electron chi connectivity index (χ4n) is 4.74. The Balaban J connectivity index is 1.44. The fraction of sp³-hybridized carbons (Fsp3) is 0.524. The standard InChI is InChI=1S/C21H27N3OS/c1-15-19(26-16(2)22-15)20(25)24-11-9-21(10-12-24)13-18(14-23(21)3)17-7-5-4-6-8-17/h4-8,18H,9-14H2,1-3H3. The summed E-state index contributed by atoms with van der Waals surface area (Å²) in [6.45, 7) is 6.72. The van der Waals surface area contributed by atoms with E-state index in [2.05, 4.69) is 47.3 Å². The van der Waals surface area contributed by atoms with E-state index < -0.39 is 0 Å². The van der Waals surface area contributed by atoms with E-state index in [0.717, 1.165) is 48.1 Å². The molecule has 138 valence electrons. The summed E-state index contributed by atoms with van der Waals surface area (Å²) < 4.78 is 0. The number of aromatic nitrogens is 1. The molecule has 2 aliphatic heterocycles. The first-order valence-corrected chi connectivity index (χ1v) is 10.3. The van der Waals surface area contributed by atoms with Crippen LogP contribution >= 0.6 is 11.3 Å². The number of carbonyl (C=O) groups is 1. The van der Waals surface area contributed by atoms with Crippen molar-refractivity contribution in [1.29, 1.82) is 0 Å². The number of amides is 1. The SMILES string of the molecule is Cc1nc(C)c(C(=O)N2CCC3(CC2)CC(c2ccccc2)CN3C)s1. The second kappa shape index (κ2) is 6.78. The molecule has 1 unspecified atom stereocenters. The highest BCUT2D eigenvalue weighted by atomic mass is 32.1. The number of piperidine rings is 1. The van der Waals surface area contributed by atoms with Crippen LogP contribution in [0.5, 0.6) is 0 Å². The smallest absolute Gasteiger partial charge is 0.265 e. The van der Waals surface area contributed by atoms with Gasteiger partial charge in [-0.1, -0.05) is 30.3 Å². The third-order valence-corrected chi connectivity index (χ3v) is 7.34. The second-order valence-corrected chi connectivity index (χ2v) is 9.06. The molecule has 4 rings (SSSR count). The fourth-order valence-corrected chi connectivity index (χ4v) is 5.62. The van der Waals surface area contributed by atoms with E-state index in [1.807, 2.05) is 18.7 Å². The van der Waals surface area contributed by atoms with Gasteiger partial charge in [-0.25, -0.2) is 4.98 Å². The minimum atomic E-state index is 0.170. The van der Waals surface area contributed by atoms with Crippen LogP contribution in [-0.4, -0.2) is 52.9 Å². The van der Waals surface area contributed by atoms with Crippen LogP contribution in [-0.2, 0) is 0 Å². The second-order valence-electron chi connectivity index (χ2n) is 7.86. The molecular formula is C21H27N3OS. The number of benzene rings is 1. The molecule has 1 atom stereocenters. The number of rotatable bonds is 2. The molecule has 2 aliphatic rings. The predicted octanol–water partition coefficient (Wildman–Crippen LogP) is 3.85. The molecule has 1 spiro atoms. The zero-order valence-electron chi connectivity index (χ0n) is 15.9. The summed E-state index contributed by atoms with van der Waals surface area (Å²) in [6.07, 6.45) is 3.33. The summed E-state index contributed by atoms with van der Waals surface area (Å²) in [7, 11) is 2.26. The summed E-state index contributed by atoms with van der Waals surface area (Å²) in [6, 6.07) is 10.9. The van der Waals surface area contributed by atoms with E-state index in [-0.39, 0.29) is 11.4 Å². The molecule has 26 heavy (non-hydrogen) atoms. The maximum absolute atomic E-state index is 12.9. The molecule has 4 nitrogen and oxygen atoms in total. The predicted molar refractivity (Wildman–Crippen MR) is 106 cm³/mol. The Bertz CT molecular complexity index is 793. The van der Waals surface area contributed by atoms with Crippen molar-refractivity contribution in [2.24, 2.45) is 0 Å². The topological polar surface area (TPSA) is 36.4 Å². The first kappa shape index (κ1) is 17.7. The van der Waals surface area contributed by atoms with Crippen LogP contribution in [0.2, 0.25) is 0 Å². The number of nitrogens with zero attached hydrogens (tertiary/aromatic N) is 3. The highest BCUT2D eigenvalue weighted by molar-refractivity contribution is 7.13. The Hall–Kier alpha value is -1.72. The molecular weight excluding hydrogens is 342 g/mol. The molecule has 0 bridgehead atoms. The minimum Gasteiger partial charge on any atom is -0.338 e. The van der Waals surface area contributed by atoms with Gasteiger partial charge in [-0.2, -0.15) is 0 Å². The quantitative estimate of drug-likeness (QED) is 0.807. The van der Waals surface area contributed by atoms with Gasteiger partial charge >= 0.3 is 0 Å². The Kier molecular flexibility index (Phi) is 4.61. The number of likely N-dealkylation sites (N-methyl/N-ethyl adjacent to an activating group) is 1. The van der Waals surface area contributed by atoms with Crippen LogP contribution in [0.3, 0.4) is 0 Å². The van der Waals surface area contributed by atoms with Gasteiger partial charge in [-0.3, -0.25) is 9.69 Å². The third-order valence-electron chi connectivity index (χ3n) is 6.28. The summed E-state index contributed by atoms with van der Waals surface area (Å²) in [5, 5.41) is 0.973. The lowest BCUT2D eigenvalue weighted by atomic mass is 9.81. The molecule has 5 heteroatoms. The maximum Gasteiger partial charge on any atom is 0.265 e. The number of carbonyl (C=O) groups excluding carboxylic acids is 1. The Labute approximate surface area is 159 Å². The van der Waals surface area contributed by atoms with E-state index in [0.29, 0.717) is 5.92 Å². The average molecular weight is 370 g/mol. The summed E-state index contributed by atoms with van der Waals surface area (Å²) in [4.78, 5) is 22.7. The molecule has 1 amide bonds. The molecule has 2 aromatic rings. The average Bonchev–Trinajstić information content (AvgIpc) is 3.15. The van der Waals surface area contributed by atoms with Gasteiger partial charge in [-0.15, -0.1) is 11.3 Å². The number of thiazole rings is 1. The summed E-state index contributed by atoms with van der Waals surface area (Å²) in [5.41, 5.74) is 2.57. The van der Waals surface area contributed by atoms with Crippen LogP contribution in [0.1, 0.15) is 51.1 Å². The van der Waals surface area contributed by atoms with Gasteiger partial charge in [0.1, 0.15) is 4.88 Å². The highest BCUT2D eigenvalue weighted by Crippen LogP contribution is 2.44. The Morgan fingerprint density at radius 3 is 2.50 bits per heavy atom. The van der Waals surface area contributed by atoms with Crippen molar-refractivity contribution in [2.75, 3.05) is 26.7 Å². The van der Waals surface area contributed by atoms with E-state index in [4.69, 9.17) is 0 Å². The lowest BCUT2D eigenvalue weighted by molar-refractivity contribution is 0.0495. The van der Waals surface area contributed by atoms with Gasteiger partial charge in [-0.05, 0) is 51.6 Å². The lowest BCUT2D eigenvalue weighted by Crippen LogP contribution is -2.51. The highest BCUT2D eigenvalue weighted by Gasteiger charge is 2.46. The zero-order valence-corrected chi connectivity index (χ0v) is 16.7. The third kappa shape index (κ3) is 3.08. The first-order chi connectivity index (χ1) is 12.5. The van der Waals surface area contributed by atoms with Gasteiger partial charge in [0.05, 0.1) is 10.7 Å². The molecule has 3 heterocycles. The van der Waals surface area contributed by atoms with Gasteiger partial charge in [0.15, 0.2) is 0 Å². The molecule has 2 saturated heterocycles. The van der Waals surface area contributed by atoms with Crippen molar-refractivity contribution < 1.29 is 4.79 Å². The van der Waals surface area contributed by atoms with E-state index >= 15 is 0 Å². The molecule has 0 aliphatic carbocycles. The van der Waals surface area contributed by atoms with Crippen molar-refractivity contribution in [1.82, 2.24) is 14.8 Å². The maximum atomic E-state index is 12.9. The summed E-state index contributed by atoms with van der Waals surface area (Å²) >= 11 is 1.53. The Morgan fingerprint density at radius 2 is 1.88 bits per heavy atom. The van der Waals surface area contributed by atoms with Crippen molar-refractivity contribution in [3.8, 4) is 0 Å². The number of likely N-dealkylation sites (tertiary alicyclic amines) is 2. The lowest BCUT2D eigenvalue weighted by Gasteiger charge is -2.43. The number of hydrogen-bond acceptors (Lipinski definition) is 4. The van der Waals surface area contributed by atoms with Crippen molar-refractivity contribution in [3.63, 3.8) is 0 Å². The molecule has 1 aromatic carbocycles. The zero-order chi connectivity index (χ0) is 18.3. The van der Waals surface area contributed by atoms with Crippen LogP contribution in [0.15, 0.2) is 30.3 Å². The molecule has 1 aromatic heterocycles. The normalized spacial score (nSPS) is 22.9. The van der Waals surface area contributed by atoms with Gasteiger partial charge in [0.2, 0.25) is 0 Å². The van der Waals surface area contributed by atoms with Crippen molar-refractivity contribution >= 4 is 17.2 Å². The minimum absolute atomic E-state index is 0.170. The van der Waals surface area contributed by atoms with Crippen LogP contribution < -0.4 is 0 Å². The molecule has 2 fully saturated rings. The number of aryl methyl sites for hydroxylation is 2. The van der Waals surface area contributed by atoms with Crippen LogP contribution in [0.25, 0.3) is 0 Å². The van der Waals surface area contributed by atoms with E-state index in [1.165, 1.54) is 23.3 Å². The van der Waals surface area contributed by atoms with E-state index in [1.54, 1.807) is 0 Å². The van der Waals surface area contributed by atoms with Gasteiger partial charge in [0.25, 0.3) is 5.91 Å². The van der Waals surface area contributed by atoms with E-state index in [9.17, 15) is 4.79 Å². The van der Waals surface area contributed by atoms with Gasteiger partial charge < -0.3 is 4.90 Å². The molecule has 0 saturated carbocycles. The molecule has 0 radical (unpaired) electrons. The Morgan fingerprint density at radius 1 is 1.19 bits per heavy atom. The molecule has 0 N–H and O–H groups in total. The van der Waals surface area contributed by atoms with Crippen molar-refractivity contribution in [3.05, 3.63) is 51.5 Å². The van der Waals surface area contributed by atoms with Crippen molar-refractivity contribution in [2.45, 2.75) is 44.6 Å². The van der Waals surface area contributed by atoms with Crippen LogP contribution in [0, 0.1) is 13.8 Å². The van der Waals surface area contributed by atoms with Gasteiger partial charge in [0, 0.05) is 25.2 Å². The van der Waals surface area contributed by atoms with Crippen LogP contribution in [0.4, 0.5) is 0 Å². The monoisotopic (exact) mass is 369 g/mol. The largest absolute Gasteiger partial charge is 0.338 e.